The lowest BCUT2D eigenvalue weighted by Gasteiger charge is -2.19. The molecule has 1 aromatic carbocycles. The Morgan fingerprint density at radius 1 is 0.913 bits per heavy atom. The van der Waals surface area contributed by atoms with Gasteiger partial charge < -0.3 is 9.80 Å². The maximum atomic E-state index is 12.7. The molecule has 1 fully saturated rings. The monoisotopic (exact) mass is 326 g/mol. The quantitative estimate of drug-likeness (QED) is 0.813. The van der Waals surface area contributed by atoms with Crippen LogP contribution in [0.1, 0.15) is 40.9 Å². The first kappa shape index (κ1) is 14.8. The summed E-state index contributed by atoms with van der Waals surface area (Å²) in [6, 6.07) is 12.7. The number of hydrogen-bond donors (Lipinski definition) is 0. The van der Waals surface area contributed by atoms with E-state index in [0.29, 0.717) is 0 Å². The number of hydrogen-bond acceptors (Lipinski definition) is 3. The highest BCUT2D eigenvalue weighted by molar-refractivity contribution is 7.18. The van der Waals surface area contributed by atoms with E-state index in [9.17, 15) is 4.79 Å². The molecule has 2 aromatic rings. The molecule has 3 heterocycles. The van der Waals surface area contributed by atoms with Crippen LogP contribution in [0.3, 0.4) is 0 Å². The number of carbonyl (C=O) groups is 1. The van der Waals surface area contributed by atoms with Crippen molar-refractivity contribution in [3.05, 3.63) is 46.8 Å². The fraction of sp³-hybridized carbons (Fsp3) is 0.421. The van der Waals surface area contributed by atoms with Gasteiger partial charge in [0.15, 0.2) is 0 Å². The lowest BCUT2D eigenvalue weighted by atomic mass is 10.2. The van der Waals surface area contributed by atoms with Crippen LogP contribution >= 0.6 is 11.3 Å². The van der Waals surface area contributed by atoms with Gasteiger partial charge in [-0.1, -0.05) is 31.0 Å². The minimum absolute atomic E-state index is 0.218. The first-order valence-corrected chi connectivity index (χ1v) is 9.39. The van der Waals surface area contributed by atoms with Crippen LogP contribution in [0.5, 0.6) is 0 Å². The molecule has 0 unspecified atom stereocenters. The Hall–Kier alpha value is -1.81. The number of carbonyl (C=O) groups excluding carboxylic acids is 1. The summed E-state index contributed by atoms with van der Waals surface area (Å²) in [5.74, 6) is 0.218. The van der Waals surface area contributed by atoms with E-state index in [-0.39, 0.29) is 5.91 Å². The van der Waals surface area contributed by atoms with Crippen LogP contribution in [0.15, 0.2) is 36.4 Å². The number of nitrogens with zero attached hydrogens (tertiary/aromatic N) is 2. The van der Waals surface area contributed by atoms with E-state index in [1.165, 1.54) is 29.1 Å². The standard InChI is InChI=1S/C19H22N2OS/c22-19(20-12-5-1-2-6-13-20)17-9-10-18(23-17)21-14-11-15-7-3-4-8-16(15)21/h3-4,7-10H,1-2,5-6,11-14H2. The molecule has 1 saturated heterocycles. The van der Waals surface area contributed by atoms with Gasteiger partial charge in [-0.3, -0.25) is 4.79 Å². The van der Waals surface area contributed by atoms with Crippen molar-refractivity contribution >= 4 is 27.9 Å². The Labute approximate surface area is 141 Å². The van der Waals surface area contributed by atoms with E-state index in [1.807, 2.05) is 11.0 Å². The topological polar surface area (TPSA) is 23.6 Å². The number of thiophene rings is 1. The van der Waals surface area contributed by atoms with Crippen molar-refractivity contribution in [1.29, 1.82) is 0 Å². The molecule has 4 heteroatoms. The Morgan fingerprint density at radius 3 is 2.52 bits per heavy atom. The van der Waals surface area contributed by atoms with Crippen molar-refractivity contribution in [2.45, 2.75) is 32.1 Å². The molecule has 23 heavy (non-hydrogen) atoms. The van der Waals surface area contributed by atoms with Gasteiger partial charge in [0.25, 0.3) is 5.91 Å². The third kappa shape index (κ3) is 2.88. The number of para-hydroxylation sites is 1. The predicted molar refractivity (Wildman–Crippen MR) is 95.8 cm³/mol. The van der Waals surface area contributed by atoms with Crippen LogP contribution in [0.4, 0.5) is 10.7 Å². The van der Waals surface area contributed by atoms with E-state index in [2.05, 4.69) is 35.2 Å². The molecule has 0 N–H and O–H groups in total. The van der Waals surface area contributed by atoms with Gasteiger partial charge in [0.2, 0.25) is 0 Å². The minimum atomic E-state index is 0.218. The molecular formula is C19H22N2OS. The third-order valence-corrected chi connectivity index (χ3v) is 5.95. The van der Waals surface area contributed by atoms with E-state index in [0.717, 1.165) is 43.8 Å². The molecule has 0 bridgehead atoms. The molecule has 2 aliphatic rings. The summed E-state index contributed by atoms with van der Waals surface area (Å²) in [5, 5.41) is 1.19. The zero-order valence-corrected chi connectivity index (χ0v) is 14.1. The summed E-state index contributed by atoms with van der Waals surface area (Å²) in [6.45, 7) is 2.84. The van der Waals surface area contributed by atoms with Crippen LogP contribution in [0, 0.1) is 0 Å². The van der Waals surface area contributed by atoms with E-state index >= 15 is 0 Å². The summed E-state index contributed by atoms with van der Waals surface area (Å²) in [4.78, 5) is 18.0. The lowest BCUT2D eigenvalue weighted by molar-refractivity contribution is 0.0766. The van der Waals surface area contributed by atoms with E-state index in [4.69, 9.17) is 0 Å². The van der Waals surface area contributed by atoms with Gasteiger partial charge in [-0.25, -0.2) is 0 Å². The molecule has 1 amide bonds. The van der Waals surface area contributed by atoms with Crippen molar-refractivity contribution in [2.75, 3.05) is 24.5 Å². The highest BCUT2D eigenvalue weighted by Crippen LogP contribution is 2.38. The largest absolute Gasteiger partial charge is 0.338 e. The summed E-state index contributed by atoms with van der Waals surface area (Å²) in [6.07, 6.45) is 5.88. The molecular weight excluding hydrogens is 304 g/mol. The number of rotatable bonds is 2. The summed E-state index contributed by atoms with van der Waals surface area (Å²) in [7, 11) is 0. The molecule has 4 rings (SSSR count). The first-order valence-electron chi connectivity index (χ1n) is 8.57. The van der Waals surface area contributed by atoms with Crippen LogP contribution in [-0.4, -0.2) is 30.4 Å². The fourth-order valence-corrected chi connectivity index (χ4v) is 4.60. The van der Waals surface area contributed by atoms with Crippen LogP contribution in [-0.2, 0) is 6.42 Å². The van der Waals surface area contributed by atoms with Crippen molar-refractivity contribution in [3.63, 3.8) is 0 Å². The van der Waals surface area contributed by atoms with Crippen molar-refractivity contribution in [2.24, 2.45) is 0 Å². The third-order valence-electron chi connectivity index (χ3n) is 4.85. The number of amides is 1. The highest BCUT2D eigenvalue weighted by atomic mass is 32.1. The Bertz CT molecular complexity index is 701. The van der Waals surface area contributed by atoms with Gasteiger partial charge in [0, 0.05) is 25.3 Å². The average Bonchev–Trinajstić information content (AvgIpc) is 3.13. The van der Waals surface area contributed by atoms with Crippen LogP contribution in [0.25, 0.3) is 0 Å². The lowest BCUT2D eigenvalue weighted by Crippen LogP contribution is -2.31. The first-order chi connectivity index (χ1) is 11.3. The molecule has 2 aliphatic heterocycles. The van der Waals surface area contributed by atoms with Crippen LogP contribution < -0.4 is 4.90 Å². The zero-order chi connectivity index (χ0) is 15.6. The minimum Gasteiger partial charge on any atom is -0.338 e. The second kappa shape index (κ2) is 6.36. The molecule has 1 aromatic heterocycles. The molecule has 0 aliphatic carbocycles. The summed E-state index contributed by atoms with van der Waals surface area (Å²) in [5.41, 5.74) is 2.70. The van der Waals surface area contributed by atoms with Gasteiger partial charge in [-0.15, -0.1) is 11.3 Å². The SMILES string of the molecule is O=C(c1ccc(N2CCc3ccccc32)s1)N1CCCCCC1. The molecule has 3 nitrogen and oxygen atoms in total. The van der Waals surface area contributed by atoms with E-state index in [1.54, 1.807) is 11.3 Å². The maximum absolute atomic E-state index is 12.7. The second-order valence-electron chi connectivity index (χ2n) is 6.37. The molecule has 0 atom stereocenters. The molecule has 0 spiro atoms. The summed E-state index contributed by atoms with van der Waals surface area (Å²) >= 11 is 1.64. The normalized spacial score (nSPS) is 17.9. The Balaban J connectivity index is 1.54. The number of anilines is 2. The Morgan fingerprint density at radius 2 is 1.70 bits per heavy atom. The van der Waals surface area contributed by atoms with Crippen LogP contribution in [0.2, 0.25) is 0 Å². The fourth-order valence-electron chi connectivity index (χ4n) is 3.58. The highest BCUT2D eigenvalue weighted by Gasteiger charge is 2.24. The van der Waals surface area contributed by atoms with Gasteiger partial charge in [-0.2, -0.15) is 0 Å². The summed E-state index contributed by atoms with van der Waals surface area (Å²) < 4.78 is 0. The molecule has 0 radical (unpaired) electrons. The van der Waals surface area contributed by atoms with Gasteiger partial charge in [0.1, 0.15) is 0 Å². The molecule has 120 valence electrons. The maximum Gasteiger partial charge on any atom is 0.263 e. The number of benzene rings is 1. The Kier molecular flexibility index (Phi) is 4.08. The average molecular weight is 326 g/mol. The van der Waals surface area contributed by atoms with Crippen molar-refractivity contribution in [1.82, 2.24) is 4.90 Å². The number of fused-ring (bicyclic) bond motifs is 1. The predicted octanol–water partition coefficient (Wildman–Crippen LogP) is 4.46. The number of likely N-dealkylation sites (tertiary alicyclic amines) is 1. The zero-order valence-electron chi connectivity index (χ0n) is 13.3. The van der Waals surface area contributed by atoms with Crippen molar-refractivity contribution in [3.8, 4) is 0 Å². The smallest absolute Gasteiger partial charge is 0.263 e. The van der Waals surface area contributed by atoms with Gasteiger partial charge >= 0.3 is 0 Å². The second-order valence-corrected chi connectivity index (χ2v) is 7.44. The van der Waals surface area contributed by atoms with Gasteiger partial charge in [0.05, 0.1) is 9.88 Å². The molecule has 0 saturated carbocycles. The van der Waals surface area contributed by atoms with Crippen molar-refractivity contribution < 1.29 is 4.79 Å². The van der Waals surface area contributed by atoms with E-state index < -0.39 is 0 Å². The van der Waals surface area contributed by atoms with Gasteiger partial charge in [-0.05, 0) is 43.0 Å².